The predicted molar refractivity (Wildman–Crippen MR) is 140 cm³/mol. The summed E-state index contributed by atoms with van der Waals surface area (Å²) < 4.78 is 17.8. The number of fused-ring (bicyclic) bond motifs is 5. The summed E-state index contributed by atoms with van der Waals surface area (Å²) in [6.07, 6.45) is 9.78. The number of esters is 2. The zero-order chi connectivity index (χ0) is 26.3. The number of aryl methyl sites for hydroxylation is 1. The molecular weight excluding hydrogens is 480 g/mol. The second kappa shape index (κ2) is 9.86. The number of rotatable bonds is 5. The van der Waals surface area contributed by atoms with Crippen LogP contribution in [0.3, 0.4) is 0 Å². The van der Waals surface area contributed by atoms with Crippen LogP contribution in [0.4, 0.5) is 0 Å². The van der Waals surface area contributed by atoms with Crippen LogP contribution in [0.5, 0.6) is 5.75 Å². The van der Waals surface area contributed by atoms with Gasteiger partial charge in [0.2, 0.25) is 0 Å². The second-order valence-corrected chi connectivity index (χ2v) is 11.0. The highest BCUT2D eigenvalue weighted by Gasteiger charge is 2.61. The standard InChI is InChI=1S/C31H32N2O5/c1-31-12-11-24-23-10-8-22(36-2)15-19(23)7-9-25(24)26(31)16-27(37-29(34)20-5-3-13-32-17-20)28(31)38-30(35)21-6-4-14-33-18-21/h3-6,8,10,13-15,17-18,24-28H,7,9,11-12,16H2,1-2H3/t24-,25-,26+,27-,28+,31+/m1/s1. The molecule has 196 valence electrons. The topological polar surface area (TPSA) is 87.6 Å². The monoisotopic (exact) mass is 512 g/mol. The van der Waals surface area contributed by atoms with E-state index < -0.39 is 24.1 Å². The van der Waals surface area contributed by atoms with Crippen LogP contribution < -0.4 is 4.74 Å². The molecular formula is C31H32N2O5. The summed E-state index contributed by atoms with van der Waals surface area (Å²) in [4.78, 5) is 34.4. The van der Waals surface area contributed by atoms with E-state index >= 15 is 0 Å². The molecule has 7 nitrogen and oxygen atoms in total. The van der Waals surface area contributed by atoms with Crippen molar-refractivity contribution >= 4 is 11.9 Å². The molecule has 6 atom stereocenters. The van der Waals surface area contributed by atoms with E-state index in [-0.39, 0.29) is 11.3 Å². The van der Waals surface area contributed by atoms with Gasteiger partial charge >= 0.3 is 11.9 Å². The zero-order valence-corrected chi connectivity index (χ0v) is 21.7. The summed E-state index contributed by atoms with van der Waals surface area (Å²) in [5, 5.41) is 0. The molecule has 6 rings (SSSR count). The molecule has 2 fully saturated rings. The molecule has 0 unspecified atom stereocenters. The summed E-state index contributed by atoms with van der Waals surface area (Å²) in [6.45, 7) is 2.22. The SMILES string of the molecule is COc1ccc2c(c1)CC[C@@H]1[C@@H]2CC[C@@]2(C)[C@H]1C[C@@H](OC(=O)c1cccnc1)[C@@H]2OC(=O)c1cccnc1. The molecule has 2 aromatic heterocycles. The normalized spacial score (nSPS) is 29.4. The van der Waals surface area contributed by atoms with Gasteiger partial charge in [0, 0.05) is 30.2 Å². The van der Waals surface area contributed by atoms with Crippen molar-refractivity contribution in [1.29, 1.82) is 0 Å². The van der Waals surface area contributed by atoms with E-state index in [1.54, 1.807) is 43.8 Å². The molecule has 0 spiro atoms. The lowest BCUT2D eigenvalue weighted by Crippen LogP contribution is -2.47. The van der Waals surface area contributed by atoms with Gasteiger partial charge in [-0.2, -0.15) is 0 Å². The summed E-state index contributed by atoms with van der Waals surface area (Å²) in [5.41, 5.74) is 3.26. The Labute approximate surface area is 222 Å². The molecule has 0 aliphatic heterocycles. The fourth-order valence-corrected chi connectivity index (χ4v) is 7.31. The largest absolute Gasteiger partial charge is 0.497 e. The highest BCUT2D eigenvalue weighted by molar-refractivity contribution is 5.90. The van der Waals surface area contributed by atoms with Gasteiger partial charge in [-0.05, 0) is 97.4 Å². The van der Waals surface area contributed by atoms with E-state index in [2.05, 4.69) is 35.1 Å². The van der Waals surface area contributed by atoms with Crippen LogP contribution in [0.15, 0.2) is 67.3 Å². The number of ether oxygens (including phenoxy) is 3. The Hall–Kier alpha value is -3.74. The Bertz CT molecular complexity index is 1330. The van der Waals surface area contributed by atoms with Gasteiger partial charge in [0.15, 0.2) is 0 Å². The smallest absolute Gasteiger partial charge is 0.340 e. The van der Waals surface area contributed by atoms with Crippen molar-refractivity contribution in [2.24, 2.45) is 17.3 Å². The molecule has 0 radical (unpaired) electrons. The van der Waals surface area contributed by atoms with Crippen molar-refractivity contribution in [3.63, 3.8) is 0 Å². The van der Waals surface area contributed by atoms with Crippen molar-refractivity contribution in [3.05, 3.63) is 89.5 Å². The van der Waals surface area contributed by atoms with Crippen LogP contribution >= 0.6 is 0 Å². The molecule has 0 amide bonds. The number of carbonyl (C=O) groups is 2. The molecule has 2 saturated carbocycles. The predicted octanol–water partition coefficient (Wildman–Crippen LogP) is 5.40. The van der Waals surface area contributed by atoms with Crippen molar-refractivity contribution in [2.75, 3.05) is 7.11 Å². The first-order chi connectivity index (χ1) is 18.5. The van der Waals surface area contributed by atoms with Crippen molar-refractivity contribution < 1.29 is 23.8 Å². The molecule has 38 heavy (non-hydrogen) atoms. The Morgan fingerprint density at radius 3 is 2.32 bits per heavy atom. The van der Waals surface area contributed by atoms with Crippen LogP contribution in [0.2, 0.25) is 0 Å². The van der Waals surface area contributed by atoms with E-state index in [1.807, 2.05) is 0 Å². The first-order valence-electron chi connectivity index (χ1n) is 13.4. The fraction of sp³-hybridized carbons (Fsp3) is 0.419. The number of carbonyl (C=O) groups excluding carboxylic acids is 2. The quantitative estimate of drug-likeness (QED) is 0.423. The number of hydrogen-bond donors (Lipinski definition) is 0. The van der Waals surface area contributed by atoms with Gasteiger partial charge in [0.1, 0.15) is 18.0 Å². The van der Waals surface area contributed by atoms with Gasteiger partial charge in [-0.3, -0.25) is 9.97 Å². The Kier molecular flexibility index (Phi) is 6.38. The van der Waals surface area contributed by atoms with E-state index in [0.29, 0.717) is 29.4 Å². The number of pyridine rings is 2. The van der Waals surface area contributed by atoms with Crippen LogP contribution in [-0.4, -0.2) is 41.2 Å². The first-order valence-corrected chi connectivity index (χ1v) is 13.4. The lowest BCUT2D eigenvalue weighted by molar-refractivity contribution is -0.0729. The van der Waals surface area contributed by atoms with Crippen LogP contribution in [0.25, 0.3) is 0 Å². The highest BCUT2D eigenvalue weighted by atomic mass is 16.6. The van der Waals surface area contributed by atoms with E-state index in [9.17, 15) is 9.59 Å². The summed E-state index contributed by atoms with van der Waals surface area (Å²) in [6, 6.07) is 13.3. The molecule has 3 aliphatic carbocycles. The molecule has 0 saturated heterocycles. The van der Waals surface area contributed by atoms with Gasteiger partial charge in [0.25, 0.3) is 0 Å². The average molecular weight is 513 g/mol. The van der Waals surface area contributed by atoms with Crippen molar-refractivity contribution in [3.8, 4) is 5.75 Å². The van der Waals surface area contributed by atoms with Gasteiger partial charge in [-0.1, -0.05) is 13.0 Å². The summed E-state index contributed by atoms with van der Waals surface area (Å²) in [7, 11) is 1.71. The van der Waals surface area contributed by atoms with E-state index in [0.717, 1.165) is 31.4 Å². The molecule has 1 aromatic carbocycles. The third-order valence-electron chi connectivity index (χ3n) is 9.13. The minimum atomic E-state index is -0.543. The van der Waals surface area contributed by atoms with Gasteiger partial charge in [-0.25, -0.2) is 9.59 Å². The molecule has 0 N–H and O–H groups in total. The average Bonchev–Trinajstić information content (AvgIpc) is 3.24. The first kappa shape index (κ1) is 24.6. The van der Waals surface area contributed by atoms with Crippen LogP contribution in [0, 0.1) is 17.3 Å². The van der Waals surface area contributed by atoms with Gasteiger partial charge in [-0.15, -0.1) is 0 Å². The van der Waals surface area contributed by atoms with Gasteiger partial charge < -0.3 is 14.2 Å². The van der Waals surface area contributed by atoms with Crippen LogP contribution in [-0.2, 0) is 15.9 Å². The van der Waals surface area contributed by atoms with Crippen molar-refractivity contribution in [1.82, 2.24) is 9.97 Å². The summed E-state index contributed by atoms with van der Waals surface area (Å²) >= 11 is 0. The number of aromatic nitrogens is 2. The molecule has 7 heteroatoms. The lowest BCUT2D eigenvalue weighted by Gasteiger charge is -2.50. The zero-order valence-electron chi connectivity index (χ0n) is 21.7. The number of methoxy groups -OCH3 is 1. The number of nitrogens with zero attached hydrogens (tertiary/aromatic N) is 2. The molecule has 3 aromatic rings. The minimum Gasteiger partial charge on any atom is -0.497 e. The Balaban J connectivity index is 1.31. The maximum Gasteiger partial charge on any atom is 0.340 e. The fourth-order valence-electron chi connectivity index (χ4n) is 7.31. The lowest BCUT2D eigenvalue weighted by atomic mass is 9.55. The molecule has 0 bridgehead atoms. The Morgan fingerprint density at radius 1 is 0.947 bits per heavy atom. The minimum absolute atomic E-state index is 0.259. The van der Waals surface area contributed by atoms with Crippen molar-refractivity contribution in [2.45, 2.75) is 57.2 Å². The molecule has 2 heterocycles. The second-order valence-electron chi connectivity index (χ2n) is 11.0. The van der Waals surface area contributed by atoms with Gasteiger partial charge in [0.05, 0.1) is 18.2 Å². The van der Waals surface area contributed by atoms with Crippen LogP contribution in [0.1, 0.15) is 70.4 Å². The highest BCUT2D eigenvalue weighted by Crippen LogP contribution is 2.62. The Morgan fingerprint density at radius 2 is 1.66 bits per heavy atom. The molecule has 3 aliphatic rings. The third kappa shape index (κ3) is 4.24. The third-order valence-corrected chi connectivity index (χ3v) is 9.13. The maximum atomic E-state index is 13.2. The summed E-state index contributed by atoms with van der Waals surface area (Å²) in [5.74, 6) is 1.14. The van der Waals surface area contributed by atoms with E-state index in [4.69, 9.17) is 14.2 Å². The number of benzene rings is 1. The maximum absolute atomic E-state index is 13.2. The van der Waals surface area contributed by atoms with E-state index in [1.165, 1.54) is 23.5 Å². The number of hydrogen-bond acceptors (Lipinski definition) is 7.